The lowest BCUT2D eigenvalue weighted by atomic mass is 9.91. The summed E-state index contributed by atoms with van der Waals surface area (Å²) in [4.78, 5) is 36.4. The van der Waals surface area contributed by atoms with E-state index in [-0.39, 0.29) is 35.7 Å². The molecule has 0 aromatic heterocycles. The largest absolute Gasteiger partial charge is 0.435 e. The average molecular weight is 745 g/mol. The van der Waals surface area contributed by atoms with Crippen molar-refractivity contribution in [2.75, 3.05) is 11.9 Å². The minimum Gasteiger partial charge on any atom is -0.370 e. The molecule has 3 amide bonds. The van der Waals surface area contributed by atoms with Gasteiger partial charge in [0.25, 0.3) is 11.8 Å². The number of rotatable bonds is 8. The van der Waals surface area contributed by atoms with Crippen molar-refractivity contribution in [1.82, 2.24) is 5.32 Å². The molecule has 0 heterocycles. The van der Waals surface area contributed by atoms with Gasteiger partial charge < -0.3 is 16.4 Å². The van der Waals surface area contributed by atoms with Crippen molar-refractivity contribution < 1.29 is 62.7 Å². The van der Waals surface area contributed by atoms with E-state index in [1.165, 1.54) is 6.07 Å². The molecule has 0 saturated heterocycles. The molecule has 0 bridgehead atoms. The van der Waals surface area contributed by atoms with E-state index in [1.54, 1.807) is 11.4 Å². The van der Waals surface area contributed by atoms with Crippen LogP contribution >= 0.6 is 15.9 Å². The number of halogens is 12. The Balaban J connectivity index is 2.11. The number of hydrogen-bond donors (Lipinski definition) is 3. The van der Waals surface area contributed by atoms with Gasteiger partial charge in [-0.05, 0) is 52.3 Å². The van der Waals surface area contributed by atoms with E-state index in [2.05, 4.69) is 21.2 Å². The van der Waals surface area contributed by atoms with Gasteiger partial charge in [0.05, 0.1) is 28.4 Å². The zero-order valence-electron chi connectivity index (χ0n) is 22.8. The first-order valence-electron chi connectivity index (χ1n) is 12.5. The minimum atomic E-state index is -6.76. The fourth-order valence-electron chi connectivity index (χ4n) is 4.15. The molecule has 0 aliphatic heterocycles. The molecule has 0 aliphatic rings. The molecular formula is C28H16BrF11N4O3. The summed E-state index contributed by atoms with van der Waals surface area (Å²) in [6.45, 7) is -0.178. The van der Waals surface area contributed by atoms with E-state index in [1.807, 2.05) is 0 Å². The summed E-state index contributed by atoms with van der Waals surface area (Å²) in [6.07, 6.45) is -19.5. The Morgan fingerprint density at radius 1 is 0.851 bits per heavy atom. The first-order valence-corrected chi connectivity index (χ1v) is 13.3. The van der Waals surface area contributed by atoms with E-state index < -0.39 is 86.2 Å². The summed E-state index contributed by atoms with van der Waals surface area (Å²) < 4.78 is 150. The maximum Gasteiger partial charge on any atom is 0.435 e. The quantitative estimate of drug-likeness (QED) is 0.210. The summed E-state index contributed by atoms with van der Waals surface area (Å²) in [5.74, 6) is -4.68. The zero-order valence-corrected chi connectivity index (χ0v) is 24.4. The molecule has 0 aliphatic carbocycles. The fourth-order valence-corrected chi connectivity index (χ4v) is 4.71. The normalized spacial score (nSPS) is 12.3. The molecule has 0 atom stereocenters. The molecule has 0 fully saturated rings. The average Bonchev–Trinajstić information content (AvgIpc) is 2.95. The Kier molecular flexibility index (Phi) is 10.3. The molecule has 7 nitrogen and oxygen atoms in total. The zero-order chi connectivity index (χ0) is 35.7. The van der Waals surface area contributed by atoms with Crippen LogP contribution < -0.4 is 16.4 Å². The number of nitriles is 1. The SMILES string of the molecule is N#Cc1ccc(C(=O)NCCC(N)=O)cc1-c1cccc(C(=O)Nc2c(Br)cc(C(F)(C(F)(F)F)C(F)(F)F)cc2C(F)(F)F)c1F. The van der Waals surface area contributed by atoms with Crippen LogP contribution in [-0.4, -0.2) is 36.6 Å². The van der Waals surface area contributed by atoms with Gasteiger partial charge in [-0.1, -0.05) is 12.1 Å². The first kappa shape index (κ1) is 36.7. The third kappa shape index (κ3) is 7.48. The molecule has 0 unspecified atom stereocenters. The Morgan fingerprint density at radius 3 is 2.00 bits per heavy atom. The van der Waals surface area contributed by atoms with Crippen LogP contribution in [0.5, 0.6) is 0 Å². The second-order valence-electron chi connectivity index (χ2n) is 9.50. The standard InChI is InChI=1S/C28H16BrF11N4O3/c29-19-10-14(25(31,27(35,36)37)28(38,39)40)9-18(26(32,33)34)22(19)44-24(47)16-3-1-2-15(21(16)30)17-8-12(4-5-13(17)11-41)23(46)43-7-6-20(42)45/h1-5,8-10H,6-7H2,(H2,42,45)(H,43,46)(H,44,47). The number of hydrogen-bond acceptors (Lipinski definition) is 4. The monoisotopic (exact) mass is 744 g/mol. The Labute approximate surface area is 264 Å². The number of carbonyl (C=O) groups excluding carboxylic acids is 3. The molecular weight excluding hydrogens is 729 g/mol. The van der Waals surface area contributed by atoms with E-state index in [0.717, 1.165) is 30.3 Å². The number of nitrogens with one attached hydrogen (secondary N) is 2. The van der Waals surface area contributed by atoms with Gasteiger partial charge in [0, 0.05) is 39.7 Å². The maximum atomic E-state index is 15.7. The van der Waals surface area contributed by atoms with Crippen LogP contribution in [0.3, 0.4) is 0 Å². The fraction of sp³-hybridized carbons (Fsp3) is 0.214. The molecule has 0 saturated carbocycles. The number of carbonyl (C=O) groups is 3. The van der Waals surface area contributed by atoms with E-state index >= 15 is 4.39 Å². The van der Waals surface area contributed by atoms with Crippen LogP contribution in [0.25, 0.3) is 11.1 Å². The van der Waals surface area contributed by atoms with Crippen molar-refractivity contribution in [3.8, 4) is 17.2 Å². The Bertz CT molecular complexity index is 1770. The number of primary amides is 1. The van der Waals surface area contributed by atoms with Crippen molar-refractivity contribution in [3.05, 3.63) is 86.6 Å². The van der Waals surface area contributed by atoms with Crippen LogP contribution in [0.2, 0.25) is 0 Å². The predicted octanol–water partition coefficient (Wildman–Crippen LogP) is 7.29. The lowest BCUT2D eigenvalue weighted by Crippen LogP contribution is -2.50. The van der Waals surface area contributed by atoms with Crippen LogP contribution in [0.4, 0.5) is 54.0 Å². The van der Waals surface area contributed by atoms with Crippen LogP contribution in [0, 0.1) is 17.1 Å². The summed E-state index contributed by atoms with van der Waals surface area (Å²) >= 11 is 2.34. The van der Waals surface area contributed by atoms with Crippen LogP contribution in [-0.2, 0) is 16.6 Å². The maximum absolute atomic E-state index is 15.7. The molecule has 250 valence electrons. The number of alkyl halides is 10. The van der Waals surface area contributed by atoms with Gasteiger partial charge in [0.1, 0.15) is 5.82 Å². The molecule has 3 aromatic carbocycles. The topological polar surface area (TPSA) is 125 Å². The molecule has 3 aromatic rings. The van der Waals surface area contributed by atoms with Crippen molar-refractivity contribution in [3.63, 3.8) is 0 Å². The van der Waals surface area contributed by atoms with E-state index in [4.69, 9.17) is 5.73 Å². The van der Waals surface area contributed by atoms with Crippen molar-refractivity contribution >= 4 is 39.3 Å². The van der Waals surface area contributed by atoms with Gasteiger partial charge >= 0.3 is 24.2 Å². The molecule has 19 heteroatoms. The Hall–Kier alpha value is -4.73. The lowest BCUT2D eigenvalue weighted by Gasteiger charge is -2.31. The van der Waals surface area contributed by atoms with Gasteiger partial charge in [-0.3, -0.25) is 14.4 Å². The van der Waals surface area contributed by atoms with Gasteiger partial charge in [-0.25, -0.2) is 8.78 Å². The highest BCUT2D eigenvalue weighted by Crippen LogP contribution is 2.55. The van der Waals surface area contributed by atoms with Gasteiger partial charge in [0.2, 0.25) is 5.91 Å². The number of nitrogens with zero attached hydrogens (tertiary/aromatic N) is 1. The van der Waals surface area contributed by atoms with E-state index in [0.29, 0.717) is 0 Å². The second-order valence-corrected chi connectivity index (χ2v) is 10.4. The Morgan fingerprint density at radius 2 is 1.47 bits per heavy atom. The molecule has 47 heavy (non-hydrogen) atoms. The van der Waals surface area contributed by atoms with Crippen molar-refractivity contribution in [2.24, 2.45) is 5.73 Å². The van der Waals surface area contributed by atoms with Gasteiger partial charge in [-0.2, -0.15) is 44.8 Å². The van der Waals surface area contributed by atoms with E-state index in [9.17, 15) is 63.5 Å². The predicted molar refractivity (Wildman–Crippen MR) is 145 cm³/mol. The van der Waals surface area contributed by atoms with Gasteiger partial charge in [0.15, 0.2) is 0 Å². The number of anilines is 1. The van der Waals surface area contributed by atoms with Crippen molar-refractivity contribution in [2.45, 2.75) is 30.6 Å². The number of nitrogens with two attached hydrogens (primary N) is 1. The minimum absolute atomic E-state index is 0.154. The number of benzene rings is 3. The molecule has 0 radical (unpaired) electrons. The highest BCUT2D eigenvalue weighted by Gasteiger charge is 2.73. The highest BCUT2D eigenvalue weighted by atomic mass is 79.9. The van der Waals surface area contributed by atoms with Gasteiger partial charge in [-0.15, -0.1) is 0 Å². The number of amides is 3. The summed E-state index contributed by atoms with van der Waals surface area (Å²) in [5.41, 5.74) is -9.80. The molecule has 3 rings (SSSR count). The third-order valence-corrected chi connectivity index (χ3v) is 7.03. The summed E-state index contributed by atoms with van der Waals surface area (Å²) in [6, 6.07) is 6.76. The lowest BCUT2D eigenvalue weighted by molar-refractivity contribution is -0.348. The van der Waals surface area contributed by atoms with Crippen molar-refractivity contribution in [1.29, 1.82) is 5.26 Å². The summed E-state index contributed by atoms with van der Waals surface area (Å²) in [5, 5.41) is 13.4. The molecule has 0 spiro atoms. The second kappa shape index (κ2) is 13.2. The van der Waals surface area contributed by atoms with Crippen LogP contribution in [0.15, 0.2) is 53.0 Å². The highest BCUT2D eigenvalue weighted by molar-refractivity contribution is 9.10. The smallest absolute Gasteiger partial charge is 0.370 e. The molecule has 4 N–H and O–H groups in total. The third-order valence-electron chi connectivity index (χ3n) is 6.41. The first-order chi connectivity index (χ1) is 21.5. The summed E-state index contributed by atoms with van der Waals surface area (Å²) in [7, 11) is 0. The van der Waals surface area contributed by atoms with Crippen LogP contribution in [0.1, 0.15) is 43.8 Å².